The molecule has 2 N–H and O–H groups in total. The third kappa shape index (κ3) is 5.46. The van der Waals surface area contributed by atoms with Crippen molar-refractivity contribution in [1.82, 2.24) is 24.4 Å². The van der Waals surface area contributed by atoms with Crippen LogP contribution in [0.2, 0.25) is 0 Å². The molecule has 4 heterocycles. The van der Waals surface area contributed by atoms with Crippen LogP contribution in [0.1, 0.15) is 36.1 Å². The lowest BCUT2D eigenvalue weighted by Gasteiger charge is -2.27. The molecule has 8 nitrogen and oxygen atoms in total. The summed E-state index contributed by atoms with van der Waals surface area (Å²) in [6, 6.07) is 7.90. The number of hydrogen-bond acceptors (Lipinski definition) is 6. The second kappa shape index (κ2) is 11.3. The van der Waals surface area contributed by atoms with Crippen LogP contribution < -0.4 is 15.6 Å². The van der Waals surface area contributed by atoms with Gasteiger partial charge in [0.05, 0.1) is 10.9 Å². The number of rotatable bonds is 6. The molecule has 1 aromatic carbocycles. The molecule has 40 heavy (non-hydrogen) atoms. The Balaban J connectivity index is 1.46. The van der Waals surface area contributed by atoms with Crippen LogP contribution in [0.3, 0.4) is 0 Å². The fraction of sp³-hybridized carbons (Fsp3) is 0.300. The van der Waals surface area contributed by atoms with Crippen molar-refractivity contribution in [2.45, 2.75) is 30.9 Å². The maximum Gasteiger partial charge on any atom is 0.319 e. The predicted molar refractivity (Wildman–Crippen MR) is 145 cm³/mol. The summed E-state index contributed by atoms with van der Waals surface area (Å²) in [5, 5.41) is 15.7. The van der Waals surface area contributed by atoms with Crippen molar-refractivity contribution in [3.8, 4) is 29.7 Å². The van der Waals surface area contributed by atoms with Crippen LogP contribution in [0.25, 0.3) is 11.0 Å². The van der Waals surface area contributed by atoms with E-state index in [4.69, 9.17) is 4.74 Å². The quantitative estimate of drug-likeness (QED) is 0.364. The van der Waals surface area contributed by atoms with Crippen molar-refractivity contribution in [1.29, 1.82) is 0 Å². The molecular weight excluding hydrogens is 516 g/mol. The third-order valence-corrected chi connectivity index (χ3v) is 6.90. The Hall–Kier alpha value is -4.51. The van der Waals surface area contributed by atoms with Crippen molar-refractivity contribution in [2.24, 2.45) is 14.1 Å². The highest BCUT2D eigenvalue weighted by Crippen LogP contribution is 2.33. The first-order valence-corrected chi connectivity index (χ1v) is 12.8. The molecule has 4 aromatic rings. The van der Waals surface area contributed by atoms with E-state index in [2.05, 4.69) is 39.0 Å². The lowest BCUT2D eigenvalue weighted by molar-refractivity contribution is 0.0800. The van der Waals surface area contributed by atoms with Gasteiger partial charge in [-0.2, -0.15) is 9.97 Å². The van der Waals surface area contributed by atoms with Gasteiger partial charge in [-0.1, -0.05) is 5.92 Å². The lowest BCUT2D eigenvalue weighted by Crippen LogP contribution is -2.36. The van der Waals surface area contributed by atoms with E-state index < -0.39 is 34.8 Å². The van der Waals surface area contributed by atoms with E-state index in [1.54, 1.807) is 0 Å². The van der Waals surface area contributed by atoms with Crippen LogP contribution in [0.4, 0.5) is 8.78 Å². The van der Waals surface area contributed by atoms with Crippen LogP contribution in [-0.2, 0) is 19.7 Å². The van der Waals surface area contributed by atoms with Gasteiger partial charge in [0.1, 0.15) is 35.2 Å². The number of fused-ring (bicyclic) bond motifs is 1. The minimum Gasteiger partial charge on any atom is -0.462 e. The number of ether oxygens (including phenoxy) is 1. The summed E-state index contributed by atoms with van der Waals surface area (Å²) in [4.78, 5) is 21.8. The lowest BCUT2D eigenvalue weighted by atomic mass is 9.84. The van der Waals surface area contributed by atoms with E-state index in [1.807, 2.05) is 23.9 Å². The van der Waals surface area contributed by atoms with E-state index in [0.29, 0.717) is 23.3 Å². The van der Waals surface area contributed by atoms with Gasteiger partial charge >= 0.3 is 6.01 Å². The number of nitrogens with one attached hydrogen (secondary N) is 1. The zero-order chi connectivity index (χ0) is 28.3. The zero-order valence-electron chi connectivity index (χ0n) is 22.0. The number of aliphatic hydroxyl groups is 1. The Kier molecular flexibility index (Phi) is 7.65. The fourth-order valence-electron chi connectivity index (χ4n) is 4.72. The summed E-state index contributed by atoms with van der Waals surface area (Å²) >= 11 is 0. The summed E-state index contributed by atoms with van der Waals surface area (Å²) in [6.07, 6.45) is 5.05. The number of hydrogen-bond donors (Lipinski definition) is 2. The standard InChI is InChI=1S/C30H27F2N5O3/c1-36-17-13-22-26(34-29(35-27(22)36)40-19-21-8-6-15-33-21)10-4-3-5-14-30(39,23-9-7-16-37(2)28(23)38)24-18-20(31)11-12-25(24)32/h7,9,11-13,16-18,21,33,39H,6,8,14-15,19H2,1-2H3/t21-,30?/m1/s1. The molecule has 0 spiro atoms. The number of pyridine rings is 1. The molecule has 0 aliphatic carbocycles. The van der Waals surface area contributed by atoms with Crippen molar-refractivity contribution >= 4 is 11.0 Å². The van der Waals surface area contributed by atoms with Crippen LogP contribution in [-0.4, -0.2) is 43.4 Å². The second-order valence-electron chi connectivity index (χ2n) is 9.67. The summed E-state index contributed by atoms with van der Waals surface area (Å²) in [6.45, 7) is 1.40. The van der Waals surface area contributed by atoms with Crippen LogP contribution in [0.5, 0.6) is 6.01 Å². The predicted octanol–water partition coefficient (Wildman–Crippen LogP) is 2.76. The molecule has 0 saturated carbocycles. The van der Waals surface area contributed by atoms with Crippen molar-refractivity contribution < 1.29 is 18.6 Å². The number of aromatic nitrogens is 4. The highest BCUT2D eigenvalue weighted by molar-refractivity contribution is 5.82. The minimum absolute atomic E-state index is 0.135. The fourth-order valence-corrected chi connectivity index (χ4v) is 4.72. The van der Waals surface area contributed by atoms with Gasteiger partial charge in [0.25, 0.3) is 5.56 Å². The number of benzene rings is 1. The first-order valence-electron chi connectivity index (χ1n) is 12.8. The third-order valence-electron chi connectivity index (χ3n) is 6.90. The van der Waals surface area contributed by atoms with E-state index in [-0.39, 0.29) is 17.6 Å². The molecule has 1 unspecified atom stereocenters. The molecule has 0 radical (unpaired) electrons. The van der Waals surface area contributed by atoms with E-state index in [0.717, 1.165) is 37.6 Å². The molecule has 1 fully saturated rings. The highest BCUT2D eigenvalue weighted by Gasteiger charge is 2.36. The van der Waals surface area contributed by atoms with Gasteiger partial charge in [0.15, 0.2) is 0 Å². The Bertz CT molecular complexity index is 1750. The molecule has 5 rings (SSSR count). The van der Waals surface area contributed by atoms with Crippen molar-refractivity contribution in [3.63, 3.8) is 0 Å². The summed E-state index contributed by atoms with van der Waals surface area (Å²) in [7, 11) is 3.36. The van der Waals surface area contributed by atoms with Crippen LogP contribution in [0, 0.1) is 35.3 Å². The van der Waals surface area contributed by atoms with Crippen molar-refractivity contribution in [3.05, 3.63) is 87.6 Å². The molecule has 1 aliphatic heterocycles. The SMILES string of the molecule is Cn1cccc(C(O)(CC#CC#Cc2nc(OC[C@H]3CCCN3)nc3c2ccn3C)c2cc(F)ccc2F)c1=O. The Morgan fingerprint density at radius 2 is 1.98 bits per heavy atom. The van der Waals surface area contributed by atoms with Crippen LogP contribution in [0.15, 0.2) is 53.6 Å². The van der Waals surface area contributed by atoms with Crippen LogP contribution >= 0.6 is 0 Å². The average Bonchev–Trinajstić information content (AvgIpc) is 3.60. The molecular formula is C30H27F2N5O3. The molecule has 0 bridgehead atoms. The average molecular weight is 544 g/mol. The number of aryl methyl sites for hydroxylation is 2. The number of nitrogens with zero attached hydrogens (tertiary/aromatic N) is 4. The van der Waals surface area contributed by atoms with E-state index in [1.165, 1.54) is 29.9 Å². The van der Waals surface area contributed by atoms with Gasteiger partial charge in [0, 0.05) is 44.5 Å². The normalized spacial score (nSPS) is 16.1. The first-order chi connectivity index (χ1) is 19.3. The molecule has 1 saturated heterocycles. The molecule has 2 atom stereocenters. The monoisotopic (exact) mass is 543 g/mol. The van der Waals surface area contributed by atoms with Gasteiger partial charge in [-0.15, -0.1) is 0 Å². The Morgan fingerprint density at radius 1 is 1.12 bits per heavy atom. The van der Waals surface area contributed by atoms with Gasteiger partial charge in [0.2, 0.25) is 0 Å². The topological polar surface area (TPSA) is 94.2 Å². The molecule has 0 amide bonds. The highest BCUT2D eigenvalue weighted by atomic mass is 19.1. The second-order valence-corrected chi connectivity index (χ2v) is 9.67. The largest absolute Gasteiger partial charge is 0.462 e. The Morgan fingerprint density at radius 3 is 2.77 bits per heavy atom. The molecule has 10 heteroatoms. The molecule has 1 aliphatic rings. The summed E-state index contributed by atoms with van der Waals surface area (Å²) < 4.78 is 37.8. The smallest absolute Gasteiger partial charge is 0.319 e. The maximum absolute atomic E-state index is 14.8. The van der Waals surface area contributed by atoms with Crippen molar-refractivity contribution in [2.75, 3.05) is 13.2 Å². The first kappa shape index (κ1) is 27.1. The van der Waals surface area contributed by atoms with Gasteiger partial charge in [-0.05, 0) is 73.5 Å². The van der Waals surface area contributed by atoms with Gasteiger partial charge in [-0.3, -0.25) is 4.79 Å². The maximum atomic E-state index is 14.8. The minimum atomic E-state index is -2.21. The number of halogens is 2. The summed E-state index contributed by atoms with van der Waals surface area (Å²) in [5.74, 6) is 9.37. The molecule has 204 valence electrons. The van der Waals surface area contributed by atoms with Gasteiger partial charge in [-0.25, -0.2) is 8.78 Å². The van der Waals surface area contributed by atoms with Gasteiger partial charge < -0.3 is 24.3 Å². The Labute approximate surface area is 229 Å². The van der Waals surface area contributed by atoms with E-state index in [9.17, 15) is 18.7 Å². The summed E-state index contributed by atoms with van der Waals surface area (Å²) in [5.41, 5.74) is -2.24. The molecule has 3 aromatic heterocycles. The zero-order valence-corrected chi connectivity index (χ0v) is 22.0. The van der Waals surface area contributed by atoms with E-state index >= 15 is 0 Å².